The van der Waals surface area contributed by atoms with Crippen molar-refractivity contribution >= 4 is 29.3 Å². The summed E-state index contributed by atoms with van der Waals surface area (Å²) >= 11 is 1.22. The molecule has 0 spiro atoms. The van der Waals surface area contributed by atoms with E-state index >= 15 is 0 Å². The fraction of sp³-hybridized carbons (Fsp3) is 0.333. The zero-order valence-corrected chi connectivity index (χ0v) is 17.1. The number of ether oxygens (including phenoxy) is 1. The van der Waals surface area contributed by atoms with Crippen LogP contribution in [-0.4, -0.2) is 41.6 Å². The molecular weight excluding hydrogens is 392 g/mol. The second-order valence-electron chi connectivity index (χ2n) is 6.83. The van der Waals surface area contributed by atoms with Gasteiger partial charge in [0, 0.05) is 13.1 Å². The van der Waals surface area contributed by atoms with Crippen LogP contribution >= 0.6 is 11.8 Å². The lowest BCUT2D eigenvalue weighted by Gasteiger charge is -2.33. The van der Waals surface area contributed by atoms with Crippen LogP contribution in [0.15, 0.2) is 47.4 Å². The first kappa shape index (κ1) is 20.9. The van der Waals surface area contributed by atoms with Crippen LogP contribution in [0.5, 0.6) is 0 Å². The fourth-order valence-electron chi connectivity index (χ4n) is 3.58. The number of nitro groups is 1. The van der Waals surface area contributed by atoms with E-state index in [9.17, 15) is 19.7 Å². The molecule has 7 nitrogen and oxygen atoms in total. The average molecular weight is 414 g/mol. The maximum Gasteiger partial charge on any atom is 0.338 e. The number of hydrogen-bond acceptors (Lipinski definition) is 6. The summed E-state index contributed by atoms with van der Waals surface area (Å²) in [6, 6.07) is 12.2. The summed E-state index contributed by atoms with van der Waals surface area (Å²) in [5.41, 5.74) is 2.26. The first-order valence-corrected chi connectivity index (χ1v) is 10.5. The van der Waals surface area contributed by atoms with E-state index in [1.165, 1.54) is 35.5 Å². The van der Waals surface area contributed by atoms with Crippen molar-refractivity contribution < 1.29 is 19.2 Å². The molecule has 2 aromatic carbocycles. The molecule has 29 heavy (non-hydrogen) atoms. The maximum atomic E-state index is 12.6. The minimum atomic E-state index is -0.758. The summed E-state index contributed by atoms with van der Waals surface area (Å²) < 4.78 is 5.14. The quantitative estimate of drug-likeness (QED) is 0.307. The Hall–Kier alpha value is -2.87. The highest BCUT2D eigenvalue weighted by Crippen LogP contribution is 2.33. The molecule has 1 aliphatic rings. The van der Waals surface area contributed by atoms with Crippen molar-refractivity contribution in [3.63, 3.8) is 0 Å². The lowest BCUT2D eigenvalue weighted by atomic mass is 9.87. The second kappa shape index (κ2) is 9.09. The molecule has 1 amide bonds. The SMILES string of the molecule is CSc1ccc(C(=O)OCC(=O)N(C)[C@H]2CCCc3ccccc32)cc1[N+](=O)[O-]. The van der Waals surface area contributed by atoms with Crippen LogP contribution in [0.3, 0.4) is 0 Å². The number of carbonyl (C=O) groups excluding carboxylic acids is 2. The van der Waals surface area contributed by atoms with E-state index in [4.69, 9.17) is 4.74 Å². The van der Waals surface area contributed by atoms with E-state index in [0.717, 1.165) is 24.8 Å². The third-order valence-corrected chi connectivity index (χ3v) is 5.92. The van der Waals surface area contributed by atoms with Crippen molar-refractivity contribution in [3.8, 4) is 0 Å². The number of carbonyl (C=O) groups is 2. The number of aryl methyl sites for hydroxylation is 1. The van der Waals surface area contributed by atoms with Crippen molar-refractivity contribution in [1.82, 2.24) is 4.90 Å². The first-order chi connectivity index (χ1) is 13.9. The van der Waals surface area contributed by atoms with Crippen LogP contribution < -0.4 is 0 Å². The molecule has 0 bridgehead atoms. The van der Waals surface area contributed by atoms with Gasteiger partial charge in [-0.05, 0) is 48.8 Å². The molecule has 1 atom stereocenters. The summed E-state index contributed by atoms with van der Waals surface area (Å²) in [5.74, 6) is -1.07. The lowest BCUT2D eigenvalue weighted by molar-refractivity contribution is -0.387. The van der Waals surface area contributed by atoms with Crippen molar-refractivity contribution in [3.05, 3.63) is 69.3 Å². The molecule has 1 aliphatic carbocycles. The largest absolute Gasteiger partial charge is 0.452 e. The van der Waals surface area contributed by atoms with Gasteiger partial charge in [0.25, 0.3) is 11.6 Å². The number of hydrogen-bond donors (Lipinski definition) is 0. The van der Waals surface area contributed by atoms with Gasteiger partial charge in [0.05, 0.1) is 21.4 Å². The van der Waals surface area contributed by atoms with Gasteiger partial charge < -0.3 is 9.64 Å². The molecule has 3 rings (SSSR count). The highest BCUT2D eigenvalue weighted by atomic mass is 32.2. The third kappa shape index (κ3) is 4.59. The van der Waals surface area contributed by atoms with Crippen LogP contribution in [0.25, 0.3) is 0 Å². The Labute approximate surface area is 173 Å². The van der Waals surface area contributed by atoms with Crippen LogP contribution in [0.4, 0.5) is 5.69 Å². The summed E-state index contributed by atoms with van der Waals surface area (Å²) in [4.78, 5) is 37.6. The van der Waals surface area contributed by atoms with Crippen molar-refractivity contribution in [1.29, 1.82) is 0 Å². The average Bonchev–Trinajstić information content (AvgIpc) is 2.75. The van der Waals surface area contributed by atoms with Gasteiger partial charge >= 0.3 is 5.97 Å². The first-order valence-electron chi connectivity index (χ1n) is 9.25. The summed E-state index contributed by atoms with van der Waals surface area (Å²) in [6.07, 6.45) is 4.56. The molecule has 0 N–H and O–H groups in total. The summed E-state index contributed by atoms with van der Waals surface area (Å²) in [6.45, 7) is -0.411. The number of esters is 1. The lowest BCUT2D eigenvalue weighted by Crippen LogP contribution is -2.36. The van der Waals surface area contributed by atoms with Gasteiger partial charge in [-0.3, -0.25) is 14.9 Å². The Morgan fingerprint density at radius 3 is 2.76 bits per heavy atom. The van der Waals surface area contributed by atoms with E-state index in [-0.39, 0.29) is 23.2 Å². The van der Waals surface area contributed by atoms with Gasteiger partial charge in [-0.15, -0.1) is 11.8 Å². The van der Waals surface area contributed by atoms with Crippen molar-refractivity contribution in [2.45, 2.75) is 30.2 Å². The number of nitrogens with zero attached hydrogens (tertiary/aromatic N) is 2. The Bertz CT molecular complexity index is 946. The molecule has 0 heterocycles. The van der Waals surface area contributed by atoms with Gasteiger partial charge in [0.2, 0.25) is 0 Å². The van der Waals surface area contributed by atoms with Crippen LogP contribution in [0.2, 0.25) is 0 Å². The van der Waals surface area contributed by atoms with E-state index in [1.807, 2.05) is 18.2 Å². The van der Waals surface area contributed by atoms with Crippen molar-refractivity contribution in [2.24, 2.45) is 0 Å². The standard InChI is InChI=1S/C21H22N2O5S/c1-22(17-9-5-7-14-6-3-4-8-16(14)17)20(24)13-28-21(25)15-10-11-19(29-2)18(12-15)23(26)27/h3-4,6,8,10-12,17H,5,7,9,13H2,1-2H3/t17-/m0/s1. The smallest absolute Gasteiger partial charge is 0.338 e. The minimum Gasteiger partial charge on any atom is -0.452 e. The topological polar surface area (TPSA) is 89.8 Å². The van der Waals surface area contributed by atoms with E-state index in [0.29, 0.717) is 4.90 Å². The number of fused-ring (bicyclic) bond motifs is 1. The number of amides is 1. The van der Waals surface area contributed by atoms with Gasteiger partial charge in [0.15, 0.2) is 6.61 Å². The molecular formula is C21H22N2O5S. The highest BCUT2D eigenvalue weighted by Gasteiger charge is 2.27. The third-order valence-electron chi connectivity index (χ3n) is 5.14. The maximum absolute atomic E-state index is 12.6. The Morgan fingerprint density at radius 2 is 2.03 bits per heavy atom. The Balaban J connectivity index is 1.66. The number of likely N-dealkylation sites (N-methyl/N-ethyl adjacent to an activating group) is 1. The normalized spacial score (nSPS) is 15.3. The molecule has 2 aromatic rings. The Morgan fingerprint density at radius 1 is 1.28 bits per heavy atom. The van der Waals surface area contributed by atoms with Crippen LogP contribution in [0, 0.1) is 10.1 Å². The van der Waals surface area contributed by atoms with E-state index in [2.05, 4.69) is 6.07 Å². The number of thioether (sulfide) groups is 1. The Kier molecular flexibility index (Phi) is 6.53. The predicted octanol–water partition coefficient (Wildman–Crippen LogP) is 4.01. The van der Waals surface area contributed by atoms with Gasteiger partial charge in [-0.1, -0.05) is 24.3 Å². The van der Waals surface area contributed by atoms with Gasteiger partial charge in [-0.2, -0.15) is 0 Å². The molecule has 0 aliphatic heterocycles. The molecule has 152 valence electrons. The fourth-order valence-corrected chi connectivity index (χ4v) is 4.12. The molecule has 0 aromatic heterocycles. The zero-order valence-electron chi connectivity index (χ0n) is 16.3. The van der Waals surface area contributed by atoms with Crippen LogP contribution in [0.1, 0.15) is 40.4 Å². The zero-order chi connectivity index (χ0) is 21.0. The molecule has 8 heteroatoms. The van der Waals surface area contributed by atoms with E-state index < -0.39 is 17.5 Å². The van der Waals surface area contributed by atoms with Gasteiger partial charge in [-0.25, -0.2) is 4.79 Å². The molecule has 0 fully saturated rings. The molecule has 0 saturated heterocycles. The monoisotopic (exact) mass is 414 g/mol. The minimum absolute atomic E-state index is 0.0481. The van der Waals surface area contributed by atoms with E-state index in [1.54, 1.807) is 18.2 Å². The number of benzene rings is 2. The molecule has 0 radical (unpaired) electrons. The van der Waals surface area contributed by atoms with Crippen molar-refractivity contribution in [2.75, 3.05) is 19.9 Å². The molecule has 0 saturated carbocycles. The number of nitro benzene ring substituents is 1. The summed E-state index contributed by atoms with van der Waals surface area (Å²) in [5, 5.41) is 11.2. The summed E-state index contributed by atoms with van der Waals surface area (Å²) in [7, 11) is 1.71. The molecule has 0 unspecified atom stereocenters. The second-order valence-corrected chi connectivity index (χ2v) is 7.68. The number of rotatable bonds is 6. The van der Waals surface area contributed by atoms with Gasteiger partial charge in [0.1, 0.15) is 0 Å². The van der Waals surface area contributed by atoms with Crippen LogP contribution in [-0.2, 0) is 16.0 Å². The highest BCUT2D eigenvalue weighted by molar-refractivity contribution is 7.98. The predicted molar refractivity (Wildman–Crippen MR) is 110 cm³/mol.